The van der Waals surface area contributed by atoms with Crippen LogP contribution in [0.25, 0.3) is 28.1 Å². The molecular formula is C25H18F3N5S. The molecule has 0 radical (unpaired) electrons. The van der Waals surface area contributed by atoms with Gasteiger partial charge in [-0.2, -0.15) is 18.4 Å². The number of H-pyrrole nitrogens is 1. The van der Waals surface area contributed by atoms with Gasteiger partial charge >= 0.3 is 6.18 Å². The van der Waals surface area contributed by atoms with E-state index in [1.165, 1.54) is 12.1 Å². The number of hydrogen-bond acceptors (Lipinski definition) is 5. The van der Waals surface area contributed by atoms with Gasteiger partial charge in [0.25, 0.3) is 0 Å². The predicted octanol–water partition coefficient (Wildman–Crippen LogP) is 6.46. The topological polar surface area (TPSA) is 76.5 Å². The van der Waals surface area contributed by atoms with E-state index in [1.807, 2.05) is 36.6 Å². The number of nitrogens with one attached hydrogen (secondary N) is 3. The van der Waals surface area contributed by atoms with Crippen LogP contribution in [0.15, 0.2) is 66.1 Å². The van der Waals surface area contributed by atoms with Crippen molar-refractivity contribution in [1.82, 2.24) is 15.3 Å². The minimum absolute atomic E-state index is 0.0879. The molecule has 0 amide bonds. The highest BCUT2D eigenvalue weighted by Gasteiger charge is 2.30. The van der Waals surface area contributed by atoms with Crippen molar-refractivity contribution in [2.45, 2.75) is 18.6 Å². The lowest BCUT2D eigenvalue weighted by atomic mass is 10.1. The Bertz CT molecular complexity index is 1430. The van der Waals surface area contributed by atoms with E-state index in [0.29, 0.717) is 22.5 Å². The quantitative estimate of drug-likeness (QED) is 0.315. The first-order valence-electron chi connectivity index (χ1n) is 10.4. The summed E-state index contributed by atoms with van der Waals surface area (Å²) in [5, 5.41) is 17.9. The maximum absolute atomic E-state index is 12.8. The SMILES string of the molecule is Cc1cc2[nH]c(-c3ccc(C(F)(F)F)cc3)nc2cc1NC1NC(c2ccc(C#N)cc2)=CS1. The zero-order chi connectivity index (χ0) is 23.9. The van der Waals surface area contributed by atoms with Crippen molar-refractivity contribution in [2.75, 3.05) is 5.32 Å². The molecule has 0 saturated heterocycles. The van der Waals surface area contributed by atoms with Crippen LogP contribution in [0.4, 0.5) is 18.9 Å². The van der Waals surface area contributed by atoms with Crippen molar-refractivity contribution in [3.05, 3.63) is 88.3 Å². The molecular weight excluding hydrogens is 459 g/mol. The summed E-state index contributed by atoms with van der Waals surface area (Å²) in [6.07, 6.45) is -4.37. The third-order valence-corrected chi connectivity index (χ3v) is 6.41. The third kappa shape index (κ3) is 4.32. The number of benzene rings is 3. The number of aromatic nitrogens is 2. The Labute approximate surface area is 197 Å². The van der Waals surface area contributed by atoms with E-state index in [4.69, 9.17) is 5.26 Å². The summed E-state index contributed by atoms with van der Waals surface area (Å²) in [4.78, 5) is 7.78. The molecule has 3 aromatic carbocycles. The van der Waals surface area contributed by atoms with E-state index in [1.54, 1.807) is 23.9 Å². The zero-order valence-corrected chi connectivity index (χ0v) is 18.7. The van der Waals surface area contributed by atoms with Crippen molar-refractivity contribution in [1.29, 1.82) is 5.26 Å². The molecule has 9 heteroatoms. The highest BCUT2D eigenvalue weighted by Crippen LogP contribution is 2.33. The molecule has 0 bridgehead atoms. The van der Waals surface area contributed by atoms with Crippen molar-refractivity contribution >= 4 is 34.2 Å². The second-order valence-corrected chi connectivity index (χ2v) is 8.85. The van der Waals surface area contributed by atoms with Gasteiger partial charge in [0.2, 0.25) is 0 Å². The fraction of sp³-hybridized carbons (Fsp3) is 0.120. The number of halogens is 3. The summed E-state index contributed by atoms with van der Waals surface area (Å²) in [7, 11) is 0. The summed E-state index contributed by atoms with van der Waals surface area (Å²) in [6, 6.07) is 18.3. The van der Waals surface area contributed by atoms with Gasteiger partial charge in [-0.1, -0.05) is 36.0 Å². The normalized spacial score (nSPS) is 15.6. The van der Waals surface area contributed by atoms with Gasteiger partial charge < -0.3 is 15.6 Å². The van der Waals surface area contributed by atoms with Gasteiger partial charge in [-0.05, 0) is 59.9 Å². The molecule has 0 aliphatic carbocycles. The Morgan fingerprint density at radius 3 is 2.41 bits per heavy atom. The lowest BCUT2D eigenvalue weighted by Gasteiger charge is -2.18. The van der Waals surface area contributed by atoms with E-state index in [2.05, 4.69) is 26.7 Å². The molecule has 1 aliphatic heterocycles. The first-order chi connectivity index (χ1) is 16.3. The minimum Gasteiger partial charge on any atom is -0.356 e. The van der Waals surface area contributed by atoms with Crippen molar-refractivity contribution in [2.24, 2.45) is 0 Å². The number of hydrogen-bond donors (Lipinski definition) is 3. The number of fused-ring (bicyclic) bond motifs is 1. The molecule has 170 valence electrons. The largest absolute Gasteiger partial charge is 0.416 e. The summed E-state index contributed by atoms with van der Waals surface area (Å²) >= 11 is 1.60. The molecule has 0 fully saturated rings. The lowest BCUT2D eigenvalue weighted by Crippen LogP contribution is -2.28. The Morgan fingerprint density at radius 2 is 1.74 bits per heavy atom. The summed E-state index contributed by atoms with van der Waals surface area (Å²) in [6.45, 7) is 1.98. The van der Waals surface area contributed by atoms with Crippen LogP contribution in [0.3, 0.4) is 0 Å². The first kappa shape index (κ1) is 21.9. The molecule has 1 unspecified atom stereocenters. The maximum atomic E-state index is 12.8. The predicted molar refractivity (Wildman–Crippen MR) is 129 cm³/mol. The standard InChI is InChI=1S/C25H18F3N5S/c1-14-10-20-21(31-23(30-20)17-6-8-18(9-7-17)25(26,27)28)11-19(14)32-24-33-22(13-34-24)16-4-2-15(12-29)3-5-16/h2-11,13,24,32-33H,1H3,(H,30,31). The van der Waals surface area contributed by atoms with Crippen LogP contribution < -0.4 is 10.6 Å². The molecule has 1 aliphatic rings. The third-order valence-electron chi connectivity index (χ3n) is 5.53. The van der Waals surface area contributed by atoms with Gasteiger partial charge in [0.1, 0.15) is 11.3 Å². The minimum atomic E-state index is -4.37. The average Bonchev–Trinajstić information content (AvgIpc) is 3.46. The van der Waals surface area contributed by atoms with E-state index in [-0.39, 0.29) is 5.50 Å². The number of thioether (sulfide) groups is 1. The molecule has 5 nitrogen and oxygen atoms in total. The smallest absolute Gasteiger partial charge is 0.356 e. The number of aryl methyl sites for hydroxylation is 1. The van der Waals surface area contributed by atoms with Crippen LogP contribution in [-0.4, -0.2) is 15.5 Å². The van der Waals surface area contributed by atoms with Crippen LogP contribution in [0, 0.1) is 18.3 Å². The number of imidazole rings is 1. The fourth-order valence-corrected chi connectivity index (χ4v) is 4.57. The van der Waals surface area contributed by atoms with E-state index in [0.717, 1.165) is 40.2 Å². The van der Waals surface area contributed by atoms with Crippen LogP contribution in [0.1, 0.15) is 22.3 Å². The maximum Gasteiger partial charge on any atom is 0.416 e. The van der Waals surface area contributed by atoms with Gasteiger partial charge in [-0.3, -0.25) is 0 Å². The van der Waals surface area contributed by atoms with Gasteiger partial charge in [0.05, 0.1) is 33.9 Å². The second-order valence-electron chi connectivity index (χ2n) is 7.87. The summed E-state index contributed by atoms with van der Waals surface area (Å²) < 4.78 is 38.5. The number of rotatable bonds is 4. The number of aromatic amines is 1. The Morgan fingerprint density at radius 1 is 1.03 bits per heavy atom. The highest BCUT2D eigenvalue weighted by atomic mass is 32.2. The first-order valence-corrected chi connectivity index (χ1v) is 11.3. The van der Waals surface area contributed by atoms with Gasteiger partial charge in [-0.25, -0.2) is 4.98 Å². The molecule has 0 saturated carbocycles. The Hall–Kier alpha value is -3.90. The lowest BCUT2D eigenvalue weighted by molar-refractivity contribution is -0.137. The average molecular weight is 478 g/mol. The Kier molecular flexibility index (Phi) is 5.46. The van der Waals surface area contributed by atoms with Crippen molar-refractivity contribution < 1.29 is 13.2 Å². The van der Waals surface area contributed by atoms with Crippen LogP contribution in [0.2, 0.25) is 0 Å². The van der Waals surface area contributed by atoms with Gasteiger partial charge in [-0.15, -0.1) is 0 Å². The second kappa shape index (κ2) is 8.47. The van der Waals surface area contributed by atoms with Crippen molar-refractivity contribution in [3.63, 3.8) is 0 Å². The van der Waals surface area contributed by atoms with E-state index in [9.17, 15) is 13.2 Å². The van der Waals surface area contributed by atoms with Gasteiger partial charge in [0.15, 0.2) is 0 Å². The number of anilines is 1. The van der Waals surface area contributed by atoms with E-state index >= 15 is 0 Å². The van der Waals surface area contributed by atoms with Gasteiger partial charge in [0, 0.05) is 11.3 Å². The molecule has 2 heterocycles. The highest BCUT2D eigenvalue weighted by molar-refractivity contribution is 8.03. The van der Waals surface area contributed by atoms with Crippen LogP contribution in [-0.2, 0) is 6.18 Å². The molecule has 1 aromatic heterocycles. The molecule has 0 spiro atoms. The molecule has 5 rings (SSSR count). The fourth-order valence-electron chi connectivity index (χ4n) is 3.71. The number of nitrogens with zero attached hydrogens (tertiary/aromatic N) is 2. The Balaban J connectivity index is 1.33. The molecule has 1 atom stereocenters. The zero-order valence-electron chi connectivity index (χ0n) is 17.9. The number of alkyl halides is 3. The molecule has 3 N–H and O–H groups in total. The number of nitriles is 1. The monoisotopic (exact) mass is 477 g/mol. The molecule has 34 heavy (non-hydrogen) atoms. The van der Waals surface area contributed by atoms with Crippen LogP contribution in [0.5, 0.6) is 0 Å². The summed E-state index contributed by atoms with van der Waals surface area (Å²) in [5.41, 5.74) is 5.81. The van der Waals surface area contributed by atoms with Crippen LogP contribution >= 0.6 is 11.8 Å². The van der Waals surface area contributed by atoms with E-state index < -0.39 is 11.7 Å². The van der Waals surface area contributed by atoms with Crippen molar-refractivity contribution in [3.8, 4) is 17.5 Å². The molecule has 4 aromatic rings. The summed E-state index contributed by atoms with van der Waals surface area (Å²) in [5.74, 6) is 0.512.